The van der Waals surface area contributed by atoms with E-state index in [1.165, 1.54) is 11.0 Å². The summed E-state index contributed by atoms with van der Waals surface area (Å²) >= 11 is 0. The quantitative estimate of drug-likeness (QED) is 0.746. The van der Waals surface area contributed by atoms with E-state index in [0.717, 1.165) is 0 Å². The number of aromatic nitrogens is 3. The van der Waals surface area contributed by atoms with Gasteiger partial charge in [0.1, 0.15) is 6.33 Å². The minimum Gasteiger partial charge on any atom is -0.304 e. The maximum Gasteiger partial charge on any atom is 0.240 e. The average molecular weight is 211 g/mol. The van der Waals surface area contributed by atoms with Crippen molar-refractivity contribution in [3.8, 4) is 0 Å². The highest BCUT2D eigenvalue weighted by Crippen LogP contribution is 1.99. The van der Waals surface area contributed by atoms with Crippen molar-refractivity contribution in [2.24, 2.45) is 7.05 Å². The first-order valence-corrected chi connectivity index (χ1v) is 4.77. The third kappa shape index (κ3) is 4.07. The predicted octanol–water partition coefficient (Wildman–Crippen LogP) is 0.142. The van der Waals surface area contributed by atoms with Crippen molar-refractivity contribution in [1.82, 2.24) is 20.1 Å². The molecule has 6 nitrogen and oxygen atoms in total. The Morgan fingerprint density at radius 2 is 2.20 bits per heavy atom. The summed E-state index contributed by atoms with van der Waals surface area (Å²) in [5.74, 6) is 0.330. The van der Waals surface area contributed by atoms with Crippen LogP contribution in [0.1, 0.15) is 20.8 Å². The van der Waals surface area contributed by atoms with E-state index < -0.39 is 0 Å². The molecule has 1 heterocycles. The molecule has 1 amide bonds. The number of anilines is 1. The molecule has 0 aromatic carbocycles. The van der Waals surface area contributed by atoms with Crippen LogP contribution in [0.25, 0.3) is 0 Å². The fourth-order valence-corrected chi connectivity index (χ4v) is 0.924. The van der Waals surface area contributed by atoms with Crippen LogP contribution < -0.4 is 10.6 Å². The standard InChI is InChI=1S/C9H17N5O/c1-9(2,3)11-5-7(15)13-8-10-6-12-14(8)4/h6,11H,5H2,1-4H3,(H,10,12,13,15). The molecule has 0 bridgehead atoms. The summed E-state index contributed by atoms with van der Waals surface area (Å²) in [6, 6.07) is 0. The Balaban J connectivity index is 2.41. The summed E-state index contributed by atoms with van der Waals surface area (Å²) in [4.78, 5) is 15.3. The maximum atomic E-state index is 11.5. The lowest BCUT2D eigenvalue weighted by Crippen LogP contribution is -2.41. The maximum absolute atomic E-state index is 11.5. The van der Waals surface area contributed by atoms with E-state index in [4.69, 9.17) is 0 Å². The molecule has 0 saturated heterocycles. The minimum absolute atomic E-state index is 0.0722. The topological polar surface area (TPSA) is 71.8 Å². The summed E-state index contributed by atoms with van der Waals surface area (Å²) < 4.78 is 1.51. The summed E-state index contributed by atoms with van der Waals surface area (Å²) in [6.45, 7) is 6.27. The lowest BCUT2D eigenvalue weighted by molar-refractivity contribution is -0.115. The third-order valence-electron chi connectivity index (χ3n) is 1.74. The molecule has 15 heavy (non-hydrogen) atoms. The Labute approximate surface area is 89.1 Å². The summed E-state index contributed by atoms with van der Waals surface area (Å²) in [6.07, 6.45) is 1.40. The van der Waals surface area contributed by atoms with Gasteiger partial charge in [0.2, 0.25) is 11.9 Å². The lowest BCUT2D eigenvalue weighted by atomic mass is 10.1. The Hall–Kier alpha value is -1.43. The van der Waals surface area contributed by atoms with E-state index in [2.05, 4.69) is 20.7 Å². The molecule has 0 unspecified atom stereocenters. The van der Waals surface area contributed by atoms with Crippen molar-refractivity contribution in [3.63, 3.8) is 0 Å². The summed E-state index contributed by atoms with van der Waals surface area (Å²) in [5, 5.41) is 9.58. The minimum atomic E-state index is -0.124. The van der Waals surface area contributed by atoms with Crippen LogP contribution in [-0.4, -0.2) is 32.8 Å². The third-order valence-corrected chi connectivity index (χ3v) is 1.74. The Morgan fingerprint density at radius 1 is 1.53 bits per heavy atom. The van der Waals surface area contributed by atoms with Gasteiger partial charge in [0.25, 0.3) is 0 Å². The van der Waals surface area contributed by atoms with Crippen LogP contribution in [0.4, 0.5) is 5.95 Å². The van der Waals surface area contributed by atoms with Crippen LogP contribution in [-0.2, 0) is 11.8 Å². The van der Waals surface area contributed by atoms with Gasteiger partial charge >= 0.3 is 0 Å². The molecule has 0 aliphatic heterocycles. The van der Waals surface area contributed by atoms with Gasteiger partial charge in [-0.25, -0.2) is 4.68 Å². The van der Waals surface area contributed by atoms with Gasteiger partial charge < -0.3 is 5.32 Å². The highest BCUT2D eigenvalue weighted by molar-refractivity contribution is 5.90. The highest BCUT2D eigenvalue weighted by Gasteiger charge is 2.12. The number of carbonyl (C=O) groups excluding carboxylic acids is 1. The van der Waals surface area contributed by atoms with Crippen LogP contribution >= 0.6 is 0 Å². The monoisotopic (exact) mass is 211 g/mol. The molecule has 0 fully saturated rings. The first kappa shape index (κ1) is 11.6. The van der Waals surface area contributed by atoms with Crippen molar-refractivity contribution in [1.29, 1.82) is 0 Å². The number of nitrogens with zero attached hydrogens (tertiary/aromatic N) is 3. The fourth-order valence-electron chi connectivity index (χ4n) is 0.924. The second-order valence-electron chi connectivity index (χ2n) is 4.36. The van der Waals surface area contributed by atoms with E-state index >= 15 is 0 Å². The van der Waals surface area contributed by atoms with E-state index in [9.17, 15) is 4.79 Å². The Morgan fingerprint density at radius 3 is 2.67 bits per heavy atom. The van der Waals surface area contributed by atoms with Crippen LogP contribution in [0.15, 0.2) is 6.33 Å². The number of nitrogens with one attached hydrogen (secondary N) is 2. The van der Waals surface area contributed by atoms with Crippen molar-refractivity contribution in [3.05, 3.63) is 6.33 Å². The van der Waals surface area contributed by atoms with E-state index in [0.29, 0.717) is 5.95 Å². The van der Waals surface area contributed by atoms with Crippen molar-refractivity contribution >= 4 is 11.9 Å². The second-order valence-corrected chi connectivity index (χ2v) is 4.36. The molecule has 0 atom stereocenters. The molecular weight excluding hydrogens is 194 g/mol. The van der Waals surface area contributed by atoms with Gasteiger partial charge in [-0.1, -0.05) is 0 Å². The zero-order valence-corrected chi connectivity index (χ0v) is 9.53. The zero-order valence-electron chi connectivity index (χ0n) is 9.53. The fraction of sp³-hybridized carbons (Fsp3) is 0.667. The van der Waals surface area contributed by atoms with Crippen LogP contribution in [0.5, 0.6) is 0 Å². The highest BCUT2D eigenvalue weighted by atomic mass is 16.2. The zero-order chi connectivity index (χ0) is 11.5. The molecule has 2 N–H and O–H groups in total. The normalized spacial score (nSPS) is 11.5. The van der Waals surface area contributed by atoms with Crippen LogP contribution in [0.2, 0.25) is 0 Å². The van der Waals surface area contributed by atoms with Crippen LogP contribution in [0, 0.1) is 0 Å². The van der Waals surface area contributed by atoms with Gasteiger partial charge in [-0.3, -0.25) is 10.1 Å². The second kappa shape index (κ2) is 4.39. The first-order valence-electron chi connectivity index (χ1n) is 4.77. The number of hydrogen-bond donors (Lipinski definition) is 2. The summed E-state index contributed by atoms with van der Waals surface area (Å²) in [7, 11) is 1.72. The number of rotatable bonds is 3. The van der Waals surface area contributed by atoms with E-state index in [1.54, 1.807) is 7.05 Å². The van der Waals surface area contributed by atoms with E-state index in [-0.39, 0.29) is 18.0 Å². The Kier molecular flexibility index (Phi) is 3.41. The van der Waals surface area contributed by atoms with E-state index in [1.807, 2.05) is 20.8 Å². The van der Waals surface area contributed by atoms with Crippen molar-refractivity contribution in [2.45, 2.75) is 26.3 Å². The molecule has 1 rings (SSSR count). The van der Waals surface area contributed by atoms with Gasteiger partial charge in [-0.2, -0.15) is 10.1 Å². The van der Waals surface area contributed by atoms with Gasteiger partial charge in [0.05, 0.1) is 6.54 Å². The largest absolute Gasteiger partial charge is 0.304 e. The van der Waals surface area contributed by atoms with Crippen LogP contribution in [0.3, 0.4) is 0 Å². The molecule has 6 heteroatoms. The Bertz CT molecular complexity index is 339. The van der Waals surface area contributed by atoms with Gasteiger partial charge in [-0.05, 0) is 20.8 Å². The molecule has 1 aromatic rings. The molecule has 0 aliphatic carbocycles. The van der Waals surface area contributed by atoms with Crippen molar-refractivity contribution < 1.29 is 4.79 Å². The molecule has 0 spiro atoms. The van der Waals surface area contributed by atoms with Gasteiger partial charge in [-0.15, -0.1) is 0 Å². The number of amides is 1. The number of carbonyl (C=O) groups is 1. The average Bonchev–Trinajstić information content (AvgIpc) is 2.47. The first-order chi connectivity index (χ1) is 6.88. The molecule has 0 radical (unpaired) electrons. The predicted molar refractivity (Wildman–Crippen MR) is 57.4 cm³/mol. The van der Waals surface area contributed by atoms with Crippen molar-refractivity contribution in [2.75, 3.05) is 11.9 Å². The molecule has 1 aromatic heterocycles. The molecule has 0 saturated carbocycles. The number of aryl methyl sites for hydroxylation is 1. The SMILES string of the molecule is Cn1ncnc1NC(=O)CNC(C)(C)C. The van der Waals surface area contributed by atoms with Gasteiger partial charge in [0.15, 0.2) is 0 Å². The molecular formula is C9H17N5O. The smallest absolute Gasteiger partial charge is 0.240 e. The van der Waals surface area contributed by atoms with Gasteiger partial charge in [0, 0.05) is 12.6 Å². The molecule has 0 aliphatic rings. The summed E-state index contributed by atoms with van der Waals surface area (Å²) in [5.41, 5.74) is -0.0722. The number of hydrogen-bond acceptors (Lipinski definition) is 4. The lowest BCUT2D eigenvalue weighted by Gasteiger charge is -2.19. The molecule has 84 valence electrons.